The molecule has 88 valence electrons. The van der Waals surface area contributed by atoms with Gasteiger partial charge in [0.15, 0.2) is 0 Å². The zero-order chi connectivity index (χ0) is 11.5. The highest BCUT2D eigenvalue weighted by atomic mass is 32.1. The van der Waals surface area contributed by atoms with E-state index in [2.05, 4.69) is 4.90 Å². The first kappa shape index (κ1) is 11.5. The molecule has 1 aromatic heterocycles. The van der Waals surface area contributed by atoms with Crippen LogP contribution in [0.2, 0.25) is 0 Å². The summed E-state index contributed by atoms with van der Waals surface area (Å²) in [5, 5.41) is 12.6. The molecule has 16 heavy (non-hydrogen) atoms. The van der Waals surface area contributed by atoms with Gasteiger partial charge in [-0.3, -0.25) is 15.0 Å². The maximum atomic E-state index is 10.6. The number of nitrogens with two attached hydrogens (primary N) is 1. The average molecular weight is 241 g/mol. The van der Waals surface area contributed by atoms with E-state index >= 15 is 0 Å². The number of thiophene rings is 1. The number of likely N-dealkylation sites (tertiary alicyclic amines) is 1. The fourth-order valence-electron chi connectivity index (χ4n) is 2.15. The Labute approximate surface area is 98.0 Å². The lowest BCUT2D eigenvalue weighted by molar-refractivity contribution is -0.380. The second-order valence-electron chi connectivity index (χ2n) is 4.05. The van der Waals surface area contributed by atoms with Crippen molar-refractivity contribution in [2.45, 2.75) is 25.4 Å². The lowest BCUT2D eigenvalue weighted by atomic mass is 10.2. The minimum atomic E-state index is -0.335. The van der Waals surface area contributed by atoms with Crippen LogP contribution in [-0.2, 0) is 6.54 Å². The monoisotopic (exact) mass is 241 g/mol. The van der Waals surface area contributed by atoms with Gasteiger partial charge in [-0.25, -0.2) is 0 Å². The zero-order valence-electron chi connectivity index (χ0n) is 8.96. The van der Waals surface area contributed by atoms with Crippen LogP contribution in [0.5, 0.6) is 0 Å². The highest BCUT2D eigenvalue weighted by Crippen LogP contribution is 2.26. The SMILES string of the molecule is NCC1CCCN1Cc1csc([N+](=O)[O-])c1. The Morgan fingerprint density at radius 3 is 3.12 bits per heavy atom. The molecular weight excluding hydrogens is 226 g/mol. The normalized spacial score (nSPS) is 21.4. The third-order valence-electron chi connectivity index (χ3n) is 2.98. The first-order chi connectivity index (χ1) is 7.70. The van der Waals surface area contributed by atoms with Crippen molar-refractivity contribution in [3.8, 4) is 0 Å². The maximum Gasteiger partial charge on any atom is 0.324 e. The molecule has 0 aromatic carbocycles. The van der Waals surface area contributed by atoms with Crippen LogP contribution < -0.4 is 5.73 Å². The Morgan fingerprint density at radius 2 is 2.50 bits per heavy atom. The van der Waals surface area contributed by atoms with Crippen molar-refractivity contribution in [3.05, 3.63) is 27.1 Å². The highest BCUT2D eigenvalue weighted by molar-refractivity contribution is 7.13. The highest BCUT2D eigenvalue weighted by Gasteiger charge is 2.23. The summed E-state index contributed by atoms with van der Waals surface area (Å²) in [6, 6.07) is 2.11. The molecule has 2 N–H and O–H groups in total. The molecule has 1 saturated heterocycles. The van der Waals surface area contributed by atoms with Gasteiger partial charge in [0, 0.05) is 30.6 Å². The number of nitrogens with zero attached hydrogens (tertiary/aromatic N) is 2. The quantitative estimate of drug-likeness (QED) is 0.641. The second-order valence-corrected chi connectivity index (χ2v) is 4.94. The Kier molecular flexibility index (Phi) is 3.52. The van der Waals surface area contributed by atoms with Crippen molar-refractivity contribution in [2.75, 3.05) is 13.1 Å². The molecular formula is C10H15N3O2S. The van der Waals surface area contributed by atoms with Crippen LogP contribution >= 0.6 is 11.3 Å². The summed E-state index contributed by atoms with van der Waals surface area (Å²) < 4.78 is 0. The predicted molar refractivity (Wildman–Crippen MR) is 63.5 cm³/mol. The van der Waals surface area contributed by atoms with E-state index in [9.17, 15) is 10.1 Å². The molecule has 1 fully saturated rings. The zero-order valence-corrected chi connectivity index (χ0v) is 9.78. The maximum absolute atomic E-state index is 10.6. The van der Waals surface area contributed by atoms with Crippen LogP contribution in [0.25, 0.3) is 0 Å². The van der Waals surface area contributed by atoms with E-state index in [1.807, 2.05) is 5.38 Å². The van der Waals surface area contributed by atoms with Crippen molar-refractivity contribution in [1.29, 1.82) is 0 Å². The summed E-state index contributed by atoms with van der Waals surface area (Å²) in [7, 11) is 0. The van der Waals surface area contributed by atoms with Crippen LogP contribution in [0, 0.1) is 10.1 Å². The number of hydrogen-bond acceptors (Lipinski definition) is 5. The second kappa shape index (κ2) is 4.90. The van der Waals surface area contributed by atoms with Gasteiger partial charge in [-0.15, -0.1) is 0 Å². The smallest absolute Gasteiger partial charge is 0.324 e. The molecule has 0 saturated carbocycles. The van der Waals surface area contributed by atoms with E-state index in [0.717, 1.165) is 25.1 Å². The summed E-state index contributed by atoms with van der Waals surface area (Å²) >= 11 is 1.19. The molecule has 0 amide bonds. The lowest BCUT2D eigenvalue weighted by Crippen LogP contribution is -2.34. The van der Waals surface area contributed by atoms with Crippen LogP contribution in [0.1, 0.15) is 18.4 Å². The van der Waals surface area contributed by atoms with Gasteiger partial charge in [0.2, 0.25) is 0 Å². The van der Waals surface area contributed by atoms with Crippen molar-refractivity contribution in [2.24, 2.45) is 5.73 Å². The van der Waals surface area contributed by atoms with Gasteiger partial charge in [0.05, 0.1) is 4.92 Å². The molecule has 0 bridgehead atoms. The molecule has 1 unspecified atom stereocenters. The standard InChI is InChI=1S/C10H15N3O2S/c11-5-9-2-1-3-12(9)6-8-4-10(13(14)15)16-7-8/h4,7,9H,1-3,5-6,11H2. The largest absolute Gasteiger partial charge is 0.329 e. The third kappa shape index (κ3) is 2.40. The van der Waals surface area contributed by atoms with Gasteiger partial charge in [0.1, 0.15) is 0 Å². The van der Waals surface area contributed by atoms with E-state index in [1.54, 1.807) is 6.07 Å². The van der Waals surface area contributed by atoms with E-state index < -0.39 is 0 Å². The Hall–Kier alpha value is -0.980. The molecule has 1 atom stereocenters. The fraction of sp³-hybridized carbons (Fsp3) is 0.600. The number of rotatable bonds is 4. The van der Waals surface area contributed by atoms with Crippen LogP contribution in [-0.4, -0.2) is 29.0 Å². The van der Waals surface area contributed by atoms with Crippen molar-refractivity contribution in [1.82, 2.24) is 4.90 Å². The summed E-state index contributed by atoms with van der Waals surface area (Å²) in [4.78, 5) is 12.5. The van der Waals surface area contributed by atoms with Crippen molar-refractivity contribution in [3.63, 3.8) is 0 Å². The minimum Gasteiger partial charge on any atom is -0.329 e. The number of nitro groups is 1. The van der Waals surface area contributed by atoms with Crippen LogP contribution in [0.4, 0.5) is 5.00 Å². The van der Waals surface area contributed by atoms with E-state index in [4.69, 9.17) is 5.73 Å². The Bertz CT molecular complexity index is 380. The van der Waals surface area contributed by atoms with E-state index in [-0.39, 0.29) is 9.92 Å². The van der Waals surface area contributed by atoms with E-state index in [1.165, 1.54) is 17.8 Å². The van der Waals surface area contributed by atoms with Gasteiger partial charge in [-0.05, 0) is 24.9 Å². The first-order valence-electron chi connectivity index (χ1n) is 5.36. The molecule has 1 aromatic rings. The molecule has 5 nitrogen and oxygen atoms in total. The summed E-state index contributed by atoms with van der Waals surface area (Å²) in [5.41, 5.74) is 6.71. The minimum absolute atomic E-state index is 0.221. The lowest BCUT2D eigenvalue weighted by Gasteiger charge is -2.22. The fourth-order valence-corrected chi connectivity index (χ4v) is 2.87. The van der Waals surface area contributed by atoms with E-state index in [0.29, 0.717) is 12.6 Å². The molecule has 0 spiro atoms. The van der Waals surface area contributed by atoms with Gasteiger partial charge >= 0.3 is 5.00 Å². The number of hydrogen-bond donors (Lipinski definition) is 1. The van der Waals surface area contributed by atoms with Gasteiger partial charge in [-0.2, -0.15) is 0 Å². The molecule has 2 heterocycles. The molecule has 6 heteroatoms. The third-order valence-corrected chi connectivity index (χ3v) is 3.91. The van der Waals surface area contributed by atoms with Crippen LogP contribution in [0.15, 0.2) is 11.4 Å². The molecule has 0 radical (unpaired) electrons. The summed E-state index contributed by atoms with van der Waals surface area (Å²) in [5.74, 6) is 0. The summed E-state index contributed by atoms with van der Waals surface area (Å²) in [6.45, 7) is 2.50. The van der Waals surface area contributed by atoms with Crippen molar-refractivity contribution < 1.29 is 4.92 Å². The average Bonchev–Trinajstić information content (AvgIpc) is 2.87. The van der Waals surface area contributed by atoms with Crippen molar-refractivity contribution >= 4 is 16.3 Å². The van der Waals surface area contributed by atoms with Gasteiger partial charge < -0.3 is 5.73 Å². The Balaban J connectivity index is 2.00. The molecule has 1 aliphatic rings. The predicted octanol–water partition coefficient (Wildman–Crippen LogP) is 1.58. The molecule has 0 aliphatic carbocycles. The topological polar surface area (TPSA) is 72.4 Å². The first-order valence-corrected chi connectivity index (χ1v) is 6.24. The Morgan fingerprint density at radius 1 is 1.69 bits per heavy atom. The molecule has 1 aliphatic heterocycles. The van der Waals surface area contributed by atoms with Gasteiger partial charge in [0.25, 0.3) is 0 Å². The van der Waals surface area contributed by atoms with Crippen LogP contribution in [0.3, 0.4) is 0 Å². The molecule has 2 rings (SSSR count). The van der Waals surface area contributed by atoms with Gasteiger partial charge in [-0.1, -0.05) is 11.3 Å². The summed E-state index contributed by atoms with van der Waals surface area (Å²) in [6.07, 6.45) is 2.32.